The minimum absolute atomic E-state index is 0.00756. The van der Waals surface area contributed by atoms with Gasteiger partial charge in [-0.3, -0.25) is 4.99 Å². The van der Waals surface area contributed by atoms with Crippen LogP contribution in [0.25, 0.3) is 0 Å². The fourth-order valence-corrected chi connectivity index (χ4v) is 1.36. The maximum absolute atomic E-state index is 5.87. The van der Waals surface area contributed by atoms with Crippen LogP contribution in [0.15, 0.2) is 4.99 Å². The maximum atomic E-state index is 5.87. The van der Waals surface area contributed by atoms with Gasteiger partial charge in [0.15, 0.2) is 0 Å². The first-order valence-corrected chi connectivity index (χ1v) is 6.10. The molecule has 0 rings (SSSR count). The van der Waals surface area contributed by atoms with Gasteiger partial charge < -0.3 is 5.73 Å². The second-order valence-electron chi connectivity index (χ2n) is 4.39. The van der Waals surface area contributed by atoms with E-state index in [4.69, 9.17) is 5.73 Å². The lowest BCUT2D eigenvalue weighted by Crippen LogP contribution is -2.30. The van der Waals surface area contributed by atoms with Crippen LogP contribution in [0.4, 0.5) is 0 Å². The van der Waals surface area contributed by atoms with Crippen LogP contribution in [0.1, 0.15) is 34.1 Å². The molecule has 0 spiro atoms. The summed E-state index contributed by atoms with van der Waals surface area (Å²) in [6, 6.07) is 0.353. The number of nitrogens with two attached hydrogens (primary N) is 1. The van der Waals surface area contributed by atoms with Gasteiger partial charge in [0.1, 0.15) is 0 Å². The minimum atomic E-state index is 0.00756. The van der Waals surface area contributed by atoms with Crippen molar-refractivity contribution >= 4 is 17.6 Å². The Morgan fingerprint density at radius 2 is 2.00 bits per heavy atom. The molecule has 0 bridgehead atoms. The standard InChI is InChI=1S/C10H22N2S/c1-8(6-7-13-5)12-9(11)10(2,3)4/h8H,6-7H2,1-5H3,(H2,11,12). The molecule has 0 aliphatic carbocycles. The highest BCUT2D eigenvalue weighted by Gasteiger charge is 2.15. The summed E-state index contributed by atoms with van der Waals surface area (Å²) in [6.45, 7) is 8.39. The number of hydrogen-bond acceptors (Lipinski definition) is 2. The molecule has 3 heteroatoms. The lowest BCUT2D eigenvalue weighted by Gasteiger charge is -2.19. The fraction of sp³-hybridized carbons (Fsp3) is 0.900. The van der Waals surface area contributed by atoms with Crippen molar-refractivity contribution < 1.29 is 0 Å². The van der Waals surface area contributed by atoms with E-state index in [-0.39, 0.29) is 5.41 Å². The van der Waals surface area contributed by atoms with Crippen molar-refractivity contribution in [3.63, 3.8) is 0 Å². The molecule has 0 saturated heterocycles. The van der Waals surface area contributed by atoms with Gasteiger partial charge >= 0.3 is 0 Å². The number of hydrogen-bond donors (Lipinski definition) is 1. The first kappa shape index (κ1) is 12.8. The van der Waals surface area contributed by atoms with E-state index in [0.29, 0.717) is 6.04 Å². The molecular formula is C10H22N2S. The number of nitrogens with zero attached hydrogens (tertiary/aromatic N) is 1. The van der Waals surface area contributed by atoms with E-state index in [1.54, 1.807) is 0 Å². The highest BCUT2D eigenvalue weighted by molar-refractivity contribution is 7.98. The van der Waals surface area contributed by atoms with Crippen LogP contribution >= 0.6 is 11.8 Å². The monoisotopic (exact) mass is 202 g/mol. The van der Waals surface area contributed by atoms with Gasteiger partial charge in [-0.25, -0.2) is 0 Å². The van der Waals surface area contributed by atoms with Crippen molar-refractivity contribution in [3.8, 4) is 0 Å². The summed E-state index contributed by atoms with van der Waals surface area (Å²) in [5, 5.41) is 0. The zero-order valence-corrected chi connectivity index (χ0v) is 10.2. The van der Waals surface area contributed by atoms with Gasteiger partial charge in [0.05, 0.1) is 5.84 Å². The first-order chi connectivity index (χ1) is 5.88. The third-order valence-electron chi connectivity index (χ3n) is 1.87. The number of thioether (sulfide) groups is 1. The van der Waals surface area contributed by atoms with E-state index < -0.39 is 0 Å². The van der Waals surface area contributed by atoms with Crippen LogP contribution < -0.4 is 5.73 Å². The van der Waals surface area contributed by atoms with Crippen LogP contribution in [0.2, 0.25) is 0 Å². The molecule has 0 aromatic heterocycles. The average Bonchev–Trinajstić information content (AvgIpc) is 1.99. The Morgan fingerprint density at radius 3 is 2.38 bits per heavy atom. The van der Waals surface area contributed by atoms with Gasteiger partial charge in [-0.15, -0.1) is 0 Å². The highest BCUT2D eigenvalue weighted by atomic mass is 32.2. The fourth-order valence-electron chi connectivity index (χ4n) is 0.784. The Hall–Kier alpha value is -0.180. The van der Waals surface area contributed by atoms with Crippen LogP contribution in [-0.4, -0.2) is 23.9 Å². The Morgan fingerprint density at radius 1 is 1.46 bits per heavy atom. The molecule has 0 aromatic rings. The molecule has 1 unspecified atom stereocenters. The van der Waals surface area contributed by atoms with Gasteiger partial charge in [0, 0.05) is 11.5 Å². The van der Waals surface area contributed by atoms with Gasteiger partial charge in [0.25, 0.3) is 0 Å². The van der Waals surface area contributed by atoms with Gasteiger partial charge in [-0.2, -0.15) is 11.8 Å². The van der Waals surface area contributed by atoms with Crippen LogP contribution in [-0.2, 0) is 0 Å². The Labute approximate surface area is 86.4 Å². The molecule has 0 radical (unpaired) electrons. The van der Waals surface area contributed by atoms with E-state index >= 15 is 0 Å². The van der Waals surface area contributed by atoms with E-state index in [1.807, 2.05) is 11.8 Å². The quantitative estimate of drug-likeness (QED) is 0.562. The molecule has 0 aliphatic rings. The van der Waals surface area contributed by atoms with E-state index in [9.17, 15) is 0 Å². The molecule has 1 atom stereocenters. The van der Waals surface area contributed by atoms with Crippen molar-refractivity contribution in [1.29, 1.82) is 0 Å². The zero-order valence-electron chi connectivity index (χ0n) is 9.42. The van der Waals surface area contributed by atoms with Crippen molar-refractivity contribution in [1.82, 2.24) is 0 Å². The molecule has 13 heavy (non-hydrogen) atoms. The summed E-state index contributed by atoms with van der Waals surface area (Å²) < 4.78 is 0. The summed E-state index contributed by atoms with van der Waals surface area (Å²) in [6.07, 6.45) is 3.22. The number of rotatable bonds is 4. The molecule has 0 aromatic carbocycles. The zero-order chi connectivity index (χ0) is 10.5. The SMILES string of the molecule is CSCCC(C)N=C(N)C(C)(C)C. The summed E-state index contributed by atoms with van der Waals surface area (Å²) in [7, 11) is 0. The van der Waals surface area contributed by atoms with Gasteiger partial charge in [0.2, 0.25) is 0 Å². The third kappa shape index (κ3) is 5.97. The van der Waals surface area contributed by atoms with E-state index in [2.05, 4.69) is 38.9 Å². The molecule has 0 amide bonds. The summed E-state index contributed by atoms with van der Waals surface area (Å²) >= 11 is 1.85. The lowest BCUT2D eigenvalue weighted by molar-refractivity contribution is 0.572. The molecule has 2 N–H and O–H groups in total. The predicted octanol–water partition coefficient (Wildman–Crippen LogP) is 2.53. The molecule has 2 nitrogen and oxygen atoms in total. The third-order valence-corrected chi connectivity index (χ3v) is 2.51. The Bertz CT molecular complexity index is 170. The van der Waals surface area contributed by atoms with Crippen LogP contribution in [0, 0.1) is 5.41 Å². The summed E-state index contributed by atoms with van der Waals surface area (Å²) in [5.74, 6) is 1.92. The highest BCUT2D eigenvalue weighted by Crippen LogP contribution is 2.14. The van der Waals surface area contributed by atoms with Crippen molar-refractivity contribution in [2.75, 3.05) is 12.0 Å². The van der Waals surface area contributed by atoms with Gasteiger partial charge in [-0.05, 0) is 25.4 Å². The molecule has 78 valence electrons. The van der Waals surface area contributed by atoms with Crippen molar-refractivity contribution in [2.45, 2.75) is 40.2 Å². The van der Waals surface area contributed by atoms with E-state index in [0.717, 1.165) is 18.0 Å². The smallest absolute Gasteiger partial charge is 0.0994 e. The molecule has 0 heterocycles. The van der Waals surface area contributed by atoms with Gasteiger partial charge in [-0.1, -0.05) is 20.8 Å². The molecule has 0 fully saturated rings. The topological polar surface area (TPSA) is 38.4 Å². The minimum Gasteiger partial charge on any atom is -0.387 e. The average molecular weight is 202 g/mol. The first-order valence-electron chi connectivity index (χ1n) is 4.70. The molecule has 0 saturated carbocycles. The maximum Gasteiger partial charge on any atom is 0.0994 e. The van der Waals surface area contributed by atoms with Crippen molar-refractivity contribution in [2.24, 2.45) is 16.1 Å². The van der Waals surface area contributed by atoms with Crippen molar-refractivity contribution in [3.05, 3.63) is 0 Å². The summed E-state index contributed by atoms with van der Waals surface area (Å²) in [5.41, 5.74) is 5.87. The second kappa shape index (κ2) is 5.53. The normalized spacial score (nSPS) is 15.9. The number of amidine groups is 1. The van der Waals surface area contributed by atoms with E-state index in [1.165, 1.54) is 0 Å². The Balaban J connectivity index is 4.06. The summed E-state index contributed by atoms with van der Waals surface area (Å²) in [4.78, 5) is 4.47. The van der Waals surface area contributed by atoms with Crippen LogP contribution in [0.5, 0.6) is 0 Å². The van der Waals surface area contributed by atoms with Crippen LogP contribution in [0.3, 0.4) is 0 Å². The molecule has 0 aliphatic heterocycles. The molecular weight excluding hydrogens is 180 g/mol. The lowest BCUT2D eigenvalue weighted by atomic mass is 9.95. The Kier molecular flexibility index (Phi) is 5.45. The number of aliphatic imine (C=N–C) groups is 1. The second-order valence-corrected chi connectivity index (χ2v) is 5.38. The largest absolute Gasteiger partial charge is 0.387 e. The predicted molar refractivity (Wildman–Crippen MR) is 63.5 cm³/mol.